The van der Waals surface area contributed by atoms with Crippen molar-refractivity contribution in [3.05, 3.63) is 0 Å². The molecule has 0 fully saturated rings. The molecule has 0 atom stereocenters. The van der Waals surface area contributed by atoms with Crippen LogP contribution in [-0.2, 0) is 0 Å². The van der Waals surface area contributed by atoms with Crippen LogP contribution < -0.4 is 0 Å². The molecule has 0 spiro atoms. The van der Waals surface area contributed by atoms with Gasteiger partial charge in [0.25, 0.3) is 0 Å². The zero-order chi connectivity index (χ0) is 25.3. The maximum absolute atomic E-state index is 5.52. The highest BCUT2D eigenvalue weighted by molar-refractivity contribution is 9.43. The molecule has 0 aliphatic heterocycles. The zero-order valence-corrected chi connectivity index (χ0v) is 28.0. The van der Waals surface area contributed by atoms with E-state index in [-0.39, 0.29) is 0 Å². The lowest BCUT2D eigenvalue weighted by Gasteiger charge is -2.07. The molecule has 0 aliphatic carbocycles. The Hall–Kier alpha value is 1.62. The topological polar surface area (TPSA) is 24.7 Å². The van der Waals surface area contributed by atoms with Crippen molar-refractivity contribution in [1.82, 2.24) is 0 Å². The second-order valence-electron chi connectivity index (χ2n) is 8.16. The van der Waals surface area contributed by atoms with Crippen LogP contribution in [0.15, 0.2) is 9.98 Å². The van der Waals surface area contributed by atoms with Crippen LogP contribution in [0.2, 0.25) is 0 Å². The summed E-state index contributed by atoms with van der Waals surface area (Å²) in [5.41, 5.74) is 2.58. The number of hydrogen-bond donors (Lipinski definition) is 0. The quantitative estimate of drug-likeness (QED) is 0.0543. The van der Waals surface area contributed by atoms with Crippen LogP contribution in [0, 0.1) is 0 Å². The van der Waals surface area contributed by atoms with Crippen molar-refractivity contribution >= 4 is 105 Å². The van der Waals surface area contributed by atoms with Gasteiger partial charge in [-0.2, -0.15) is 0 Å². The van der Waals surface area contributed by atoms with Crippen LogP contribution in [0.4, 0.5) is 0 Å². The van der Waals surface area contributed by atoms with Gasteiger partial charge in [0.05, 0.1) is 0 Å². The Bertz CT molecular complexity index is 507. The molecule has 2 nitrogen and oxygen atoms in total. The van der Waals surface area contributed by atoms with Gasteiger partial charge in [0.15, 0.2) is 8.64 Å². The average molecular weight is 617 g/mol. The minimum atomic E-state index is 0.752. The Kier molecular flexibility index (Phi) is 29.0. The molecule has 0 saturated carbocycles. The Morgan fingerprint density at radius 3 is 1.03 bits per heavy atom. The van der Waals surface area contributed by atoms with Crippen molar-refractivity contribution < 1.29 is 0 Å². The SMILES string of the molecule is CCCCCC(CCCCC)=NC(=S)SSSSSSC(=S)N=C(CCCCC)CCCCC. The maximum atomic E-state index is 5.52. The van der Waals surface area contributed by atoms with Crippen molar-refractivity contribution in [2.24, 2.45) is 9.98 Å². The highest BCUT2D eigenvalue weighted by Gasteiger charge is 2.06. The number of nitrogens with zero attached hydrogens (tertiary/aromatic N) is 2. The summed E-state index contributed by atoms with van der Waals surface area (Å²) in [4.78, 5) is 9.55. The van der Waals surface area contributed by atoms with E-state index in [1.807, 2.05) is 0 Å². The summed E-state index contributed by atoms with van der Waals surface area (Å²) >= 11 is 11.0. The molecule has 0 rings (SSSR count). The number of hydrogen-bond acceptors (Lipinski definition) is 8. The van der Waals surface area contributed by atoms with E-state index >= 15 is 0 Å². The molecule has 198 valence electrons. The third-order valence-electron chi connectivity index (χ3n) is 5.07. The molecule has 0 aromatic heterocycles. The molecule has 0 unspecified atom stereocenters. The maximum Gasteiger partial charge on any atom is 0.171 e. The van der Waals surface area contributed by atoms with Crippen LogP contribution in [0.5, 0.6) is 0 Å². The number of thiocarbonyl (C=S) groups is 2. The van der Waals surface area contributed by atoms with Crippen molar-refractivity contribution in [2.75, 3.05) is 0 Å². The van der Waals surface area contributed by atoms with Gasteiger partial charge in [0.2, 0.25) is 0 Å². The van der Waals surface area contributed by atoms with Gasteiger partial charge >= 0.3 is 0 Å². The molecule has 34 heavy (non-hydrogen) atoms. The zero-order valence-electron chi connectivity index (χ0n) is 21.5. The minimum absolute atomic E-state index is 0.752. The van der Waals surface area contributed by atoms with Crippen LogP contribution in [0.3, 0.4) is 0 Å². The molecule has 0 radical (unpaired) electrons. The normalized spacial score (nSPS) is 10.8. The van der Waals surface area contributed by atoms with Gasteiger partial charge in [-0.1, -0.05) is 79.1 Å². The van der Waals surface area contributed by atoms with E-state index in [2.05, 4.69) is 27.7 Å². The Morgan fingerprint density at radius 1 is 0.471 bits per heavy atom. The molecule has 0 saturated heterocycles. The van der Waals surface area contributed by atoms with Crippen molar-refractivity contribution in [3.63, 3.8) is 0 Å². The molecule has 0 bridgehead atoms. The van der Waals surface area contributed by atoms with E-state index in [1.54, 1.807) is 60.9 Å². The van der Waals surface area contributed by atoms with Gasteiger partial charge in [-0.15, -0.1) is 0 Å². The van der Waals surface area contributed by atoms with Gasteiger partial charge < -0.3 is 0 Å². The van der Waals surface area contributed by atoms with Crippen LogP contribution >= 0.6 is 85.3 Å². The van der Waals surface area contributed by atoms with E-state index in [0.717, 1.165) is 34.3 Å². The molecular weight excluding hydrogens is 573 g/mol. The first-order valence-electron chi connectivity index (χ1n) is 12.8. The fraction of sp³-hybridized carbons (Fsp3) is 0.833. The van der Waals surface area contributed by atoms with E-state index in [9.17, 15) is 0 Å². The highest BCUT2D eigenvalue weighted by atomic mass is 33.9. The summed E-state index contributed by atoms with van der Waals surface area (Å²) in [6.07, 6.45) is 19.3. The lowest BCUT2D eigenvalue weighted by molar-refractivity contribution is 0.711. The smallest absolute Gasteiger partial charge is 0.171 e. The summed E-state index contributed by atoms with van der Waals surface area (Å²) in [6, 6.07) is 0. The summed E-state index contributed by atoms with van der Waals surface area (Å²) in [5, 5.41) is 0. The molecule has 0 amide bonds. The van der Waals surface area contributed by atoms with Crippen molar-refractivity contribution in [2.45, 2.75) is 130 Å². The second-order valence-corrected chi connectivity index (χ2v) is 18.6. The molecule has 0 aromatic rings. The third-order valence-corrected chi connectivity index (χ3v) is 16.2. The summed E-state index contributed by atoms with van der Waals surface area (Å²) in [5.74, 6) is 0. The third kappa shape index (κ3) is 24.0. The van der Waals surface area contributed by atoms with Gasteiger partial charge in [-0.25, -0.2) is 9.98 Å². The predicted octanol–water partition coefficient (Wildman–Crippen LogP) is 12.7. The van der Waals surface area contributed by atoms with E-state index in [1.165, 1.54) is 88.5 Å². The van der Waals surface area contributed by atoms with Crippen molar-refractivity contribution in [1.29, 1.82) is 0 Å². The minimum Gasteiger partial charge on any atom is -0.238 e. The second kappa shape index (κ2) is 27.6. The molecule has 0 N–H and O–H groups in total. The summed E-state index contributed by atoms with van der Waals surface area (Å²) in [7, 11) is 10.0. The summed E-state index contributed by atoms with van der Waals surface area (Å²) < 4.78 is 1.50. The summed E-state index contributed by atoms with van der Waals surface area (Å²) in [6.45, 7) is 8.98. The lowest BCUT2D eigenvalue weighted by Crippen LogP contribution is -2.01. The van der Waals surface area contributed by atoms with Crippen LogP contribution in [0.25, 0.3) is 0 Å². The number of rotatable bonds is 21. The molecule has 10 heteroatoms. The number of unbranched alkanes of at least 4 members (excludes halogenated alkanes) is 8. The first kappa shape index (κ1) is 35.6. The first-order chi connectivity index (χ1) is 16.6. The fourth-order valence-corrected chi connectivity index (χ4v) is 14.7. The van der Waals surface area contributed by atoms with Crippen LogP contribution in [-0.4, -0.2) is 20.1 Å². The van der Waals surface area contributed by atoms with Crippen molar-refractivity contribution in [3.8, 4) is 0 Å². The lowest BCUT2D eigenvalue weighted by atomic mass is 10.1. The van der Waals surface area contributed by atoms with Gasteiger partial charge in [0, 0.05) is 11.4 Å². The van der Waals surface area contributed by atoms with Crippen LogP contribution in [0.1, 0.15) is 130 Å². The number of aliphatic imine (C=N–C) groups is 2. The first-order valence-corrected chi connectivity index (χ1v) is 21.1. The molecule has 0 aliphatic rings. The van der Waals surface area contributed by atoms with Gasteiger partial charge in [-0.3, -0.25) is 0 Å². The molecular formula is C24H44N2S8. The fourth-order valence-electron chi connectivity index (χ4n) is 3.19. The van der Waals surface area contributed by atoms with Gasteiger partial charge in [-0.05, 0) is 137 Å². The van der Waals surface area contributed by atoms with Gasteiger partial charge in [0.1, 0.15) is 0 Å². The Labute approximate surface area is 243 Å². The van der Waals surface area contributed by atoms with E-state index in [4.69, 9.17) is 34.4 Å². The standard InChI is InChI=1S/C24H44N2S8/c1-5-9-13-17-21(18-14-10-6-2)25-23(27)29-31-33-34-32-30-24(28)26-22(19-15-11-7-3)20-16-12-8-4/h5-20H2,1-4H3. The Morgan fingerprint density at radius 2 is 0.765 bits per heavy atom. The monoisotopic (exact) mass is 616 g/mol. The van der Waals surface area contributed by atoms with E-state index < -0.39 is 0 Å². The van der Waals surface area contributed by atoms with E-state index in [0.29, 0.717) is 0 Å². The molecule has 0 aromatic carbocycles. The molecule has 0 heterocycles. The predicted molar refractivity (Wildman–Crippen MR) is 182 cm³/mol. The Balaban J connectivity index is 4.27. The largest absolute Gasteiger partial charge is 0.238 e. The average Bonchev–Trinajstić information content (AvgIpc) is 2.81. The highest BCUT2D eigenvalue weighted by Crippen LogP contribution is 2.53.